The van der Waals surface area contributed by atoms with E-state index in [-0.39, 0.29) is 17.9 Å². The van der Waals surface area contributed by atoms with E-state index in [0.717, 1.165) is 30.8 Å². The van der Waals surface area contributed by atoms with E-state index >= 15 is 0 Å². The lowest BCUT2D eigenvalue weighted by atomic mass is 9.74. The maximum Gasteiger partial charge on any atom is 0.311 e. The first-order valence-electron chi connectivity index (χ1n) is 6.84. The molecule has 3 rings (SSSR count). The second kappa shape index (κ2) is 4.53. The van der Waals surface area contributed by atoms with Gasteiger partial charge in [-0.3, -0.25) is 4.79 Å². The Morgan fingerprint density at radius 3 is 3.00 bits per heavy atom. The van der Waals surface area contributed by atoms with Crippen LogP contribution in [0.2, 0.25) is 0 Å². The Kier molecular flexibility index (Phi) is 2.97. The van der Waals surface area contributed by atoms with Crippen LogP contribution in [0.4, 0.5) is 5.69 Å². The molecule has 0 saturated carbocycles. The van der Waals surface area contributed by atoms with Gasteiger partial charge in [-0.2, -0.15) is 0 Å². The Balaban J connectivity index is 2.04. The van der Waals surface area contributed by atoms with Crippen molar-refractivity contribution in [3.05, 3.63) is 29.3 Å². The number of rotatable bonds is 1. The van der Waals surface area contributed by atoms with Gasteiger partial charge in [-0.1, -0.05) is 12.1 Å². The molecule has 4 nitrogen and oxygen atoms in total. The molecule has 3 atom stereocenters. The van der Waals surface area contributed by atoms with E-state index in [2.05, 4.69) is 23.3 Å². The van der Waals surface area contributed by atoms with Crippen LogP contribution in [0.1, 0.15) is 23.5 Å². The zero-order chi connectivity index (χ0) is 13.6. The lowest BCUT2D eigenvalue weighted by molar-refractivity contribution is -0.141. The van der Waals surface area contributed by atoms with Gasteiger partial charge in [0.05, 0.1) is 5.92 Å². The molecule has 1 fully saturated rings. The van der Waals surface area contributed by atoms with Crippen LogP contribution in [0.25, 0.3) is 0 Å². The van der Waals surface area contributed by atoms with Crippen LogP contribution in [-0.4, -0.2) is 42.2 Å². The van der Waals surface area contributed by atoms with Gasteiger partial charge in [0, 0.05) is 24.2 Å². The maximum atomic E-state index is 11.7. The highest BCUT2D eigenvalue weighted by Crippen LogP contribution is 2.41. The van der Waals surface area contributed by atoms with Crippen molar-refractivity contribution >= 4 is 11.7 Å². The highest BCUT2D eigenvalue weighted by Gasteiger charge is 2.42. The summed E-state index contributed by atoms with van der Waals surface area (Å²) in [6, 6.07) is 6.33. The first-order chi connectivity index (χ1) is 9.06. The van der Waals surface area contributed by atoms with E-state index in [4.69, 9.17) is 0 Å². The van der Waals surface area contributed by atoms with Gasteiger partial charge in [-0.25, -0.2) is 0 Å². The minimum absolute atomic E-state index is 0.159. The Bertz CT molecular complexity index is 515. The topological polar surface area (TPSA) is 52.6 Å². The highest BCUT2D eigenvalue weighted by atomic mass is 16.4. The van der Waals surface area contributed by atoms with Gasteiger partial charge >= 0.3 is 5.97 Å². The fourth-order valence-corrected chi connectivity index (χ4v) is 3.48. The van der Waals surface area contributed by atoms with E-state index in [1.54, 1.807) is 0 Å². The van der Waals surface area contributed by atoms with Crippen molar-refractivity contribution < 1.29 is 9.90 Å². The van der Waals surface area contributed by atoms with Crippen LogP contribution >= 0.6 is 0 Å². The third kappa shape index (κ3) is 2.10. The molecule has 2 aliphatic heterocycles. The summed E-state index contributed by atoms with van der Waals surface area (Å²) in [6.07, 6.45) is 1.01. The van der Waals surface area contributed by atoms with Gasteiger partial charge in [-0.15, -0.1) is 0 Å². The number of nitrogens with one attached hydrogen (secondary N) is 1. The van der Waals surface area contributed by atoms with Gasteiger partial charge in [-0.05, 0) is 44.1 Å². The number of aryl methyl sites for hydroxylation is 1. The maximum absolute atomic E-state index is 11.7. The van der Waals surface area contributed by atoms with E-state index in [0.29, 0.717) is 0 Å². The number of benzene rings is 1. The molecule has 0 spiro atoms. The molecule has 1 aromatic carbocycles. The summed E-state index contributed by atoms with van der Waals surface area (Å²) in [5, 5.41) is 13.2. The second-order valence-corrected chi connectivity index (χ2v) is 5.87. The third-order valence-corrected chi connectivity index (χ3v) is 4.44. The molecule has 0 aliphatic carbocycles. The number of hydrogen-bond donors (Lipinski definition) is 2. The number of aliphatic carboxylic acids is 1. The van der Waals surface area contributed by atoms with Crippen molar-refractivity contribution in [1.29, 1.82) is 0 Å². The summed E-state index contributed by atoms with van der Waals surface area (Å²) in [4.78, 5) is 14.0. The first-order valence-corrected chi connectivity index (χ1v) is 6.84. The Morgan fingerprint density at radius 1 is 1.47 bits per heavy atom. The summed E-state index contributed by atoms with van der Waals surface area (Å²) in [5.74, 6) is -0.923. The molecule has 0 radical (unpaired) electrons. The summed E-state index contributed by atoms with van der Waals surface area (Å²) in [6.45, 7) is 3.92. The Hall–Kier alpha value is -1.55. The van der Waals surface area contributed by atoms with Gasteiger partial charge < -0.3 is 15.3 Å². The molecule has 19 heavy (non-hydrogen) atoms. The summed E-state index contributed by atoms with van der Waals surface area (Å²) in [7, 11) is 2.07. The third-order valence-electron chi connectivity index (χ3n) is 4.44. The molecule has 2 N–H and O–H groups in total. The average molecular weight is 260 g/mol. The van der Waals surface area contributed by atoms with E-state index < -0.39 is 5.97 Å². The largest absolute Gasteiger partial charge is 0.481 e. The predicted octanol–water partition coefficient (Wildman–Crippen LogP) is 1.91. The zero-order valence-electron chi connectivity index (χ0n) is 11.4. The highest BCUT2D eigenvalue weighted by molar-refractivity contribution is 5.81. The van der Waals surface area contributed by atoms with Crippen LogP contribution in [0.15, 0.2) is 18.2 Å². The molecule has 4 heteroatoms. The number of carboxylic acids is 1. The molecule has 0 amide bonds. The minimum Gasteiger partial charge on any atom is -0.481 e. The molecule has 3 unspecified atom stereocenters. The van der Waals surface area contributed by atoms with Crippen LogP contribution in [0.3, 0.4) is 0 Å². The average Bonchev–Trinajstić information content (AvgIpc) is 2.35. The zero-order valence-corrected chi connectivity index (χ0v) is 11.4. The Morgan fingerprint density at radius 2 is 2.26 bits per heavy atom. The first kappa shape index (κ1) is 12.5. The molecule has 102 valence electrons. The number of piperidine rings is 1. The van der Waals surface area contributed by atoms with Crippen molar-refractivity contribution in [2.45, 2.75) is 25.3 Å². The van der Waals surface area contributed by atoms with E-state index in [1.165, 1.54) is 5.56 Å². The van der Waals surface area contributed by atoms with Gasteiger partial charge in [0.25, 0.3) is 0 Å². The number of fused-ring (bicyclic) bond motifs is 2. The number of nitrogens with zero attached hydrogens (tertiary/aromatic N) is 1. The van der Waals surface area contributed by atoms with Gasteiger partial charge in [0.2, 0.25) is 0 Å². The quantitative estimate of drug-likeness (QED) is 0.810. The van der Waals surface area contributed by atoms with Gasteiger partial charge in [0.15, 0.2) is 0 Å². The number of carbonyl (C=O) groups is 1. The van der Waals surface area contributed by atoms with Crippen molar-refractivity contribution in [3.8, 4) is 0 Å². The summed E-state index contributed by atoms with van der Waals surface area (Å²) < 4.78 is 0. The lowest BCUT2D eigenvalue weighted by Crippen LogP contribution is -2.51. The summed E-state index contributed by atoms with van der Waals surface area (Å²) >= 11 is 0. The SMILES string of the molecule is Cc1ccc2c(c1)NC1CCN(C)CC1C2C(=O)O. The van der Waals surface area contributed by atoms with Crippen molar-refractivity contribution in [1.82, 2.24) is 4.90 Å². The molecule has 0 bridgehead atoms. The number of carboxylic acid groups (broad SMARTS) is 1. The number of likely N-dealkylation sites (tertiary alicyclic amines) is 1. The van der Waals surface area contributed by atoms with E-state index in [9.17, 15) is 9.90 Å². The fourth-order valence-electron chi connectivity index (χ4n) is 3.48. The molecule has 1 aromatic rings. The minimum atomic E-state index is -0.697. The predicted molar refractivity (Wildman–Crippen MR) is 74.6 cm³/mol. The monoisotopic (exact) mass is 260 g/mol. The normalized spacial score (nSPS) is 30.1. The van der Waals surface area contributed by atoms with Crippen LogP contribution < -0.4 is 5.32 Å². The molecular weight excluding hydrogens is 240 g/mol. The molecule has 2 aliphatic rings. The standard InChI is InChI=1S/C15H20N2O2/c1-9-3-4-10-13(7-9)16-12-5-6-17(2)8-11(12)14(10)15(18)19/h3-4,7,11-12,14,16H,5-6,8H2,1-2H3,(H,18,19). The Labute approximate surface area is 113 Å². The number of anilines is 1. The fraction of sp³-hybridized carbons (Fsp3) is 0.533. The molecule has 0 aromatic heterocycles. The summed E-state index contributed by atoms with van der Waals surface area (Å²) in [5.41, 5.74) is 3.12. The smallest absolute Gasteiger partial charge is 0.311 e. The molecule has 1 saturated heterocycles. The van der Waals surface area contributed by atoms with E-state index in [1.807, 2.05) is 19.1 Å². The van der Waals surface area contributed by atoms with Crippen molar-refractivity contribution in [2.24, 2.45) is 5.92 Å². The molecular formula is C15H20N2O2. The van der Waals surface area contributed by atoms with Crippen LogP contribution in [-0.2, 0) is 4.79 Å². The number of hydrogen-bond acceptors (Lipinski definition) is 3. The van der Waals surface area contributed by atoms with Crippen LogP contribution in [0.5, 0.6) is 0 Å². The van der Waals surface area contributed by atoms with Gasteiger partial charge in [0.1, 0.15) is 0 Å². The molecule has 2 heterocycles. The second-order valence-electron chi connectivity index (χ2n) is 5.87. The van der Waals surface area contributed by atoms with Crippen molar-refractivity contribution in [2.75, 3.05) is 25.5 Å². The van der Waals surface area contributed by atoms with Crippen LogP contribution in [0, 0.1) is 12.8 Å². The lowest BCUT2D eigenvalue weighted by Gasteiger charge is -2.44. The van der Waals surface area contributed by atoms with Crippen molar-refractivity contribution in [3.63, 3.8) is 0 Å².